The predicted molar refractivity (Wildman–Crippen MR) is 87.4 cm³/mol. The van der Waals surface area contributed by atoms with Crippen LogP contribution >= 0.6 is 15.9 Å². The molecule has 0 heterocycles. The van der Waals surface area contributed by atoms with Crippen LogP contribution in [0.15, 0.2) is 22.7 Å². The topological polar surface area (TPSA) is 64.3 Å². The Morgan fingerprint density at radius 2 is 2.19 bits per heavy atom. The molecule has 116 valence electrons. The molecule has 0 spiro atoms. The number of ether oxygens (including phenoxy) is 1. The Kier molecular flexibility index (Phi) is 6.06. The van der Waals surface area contributed by atoms with E-state index in [1.165, 1.54) is 12.8 Å². The van der Waals surface area contributed by atoms with Crippen LogP contribution in [0.5, 0.6) is 5.75 Å². The molecule has 1 aliphatic carbocycles. The monoisotopic (exact) mass is 354 g/mol. The molecule has 4 nitrogen and oxygen atoms in total. The van der Waals surface area contributed by atoms with Crippen molar-refractivity contribution in [3.05, 3.63) is 28.2 Å². The van der Waals surface area contributed by atoms with Crippen LogP contribution in [0.4, 0.5) is 0 Å². The van der Waals surface area contributed by atoms with Gasteiger partial charge in [0.05, 0.1) is 0 Å². The smallest absolute Gasteiger partial charge is 0.258 e. The number of rotatable bonds is 6. The summed E-state index contributed by atoms with van der Waals surface area (Å²) in [6.07, 6.45) is 5.36. The molecule has 1 saturated carbocycles. The molecule has 1 atom stereocenters. The maximum atomic E-state index is 11.8. The third kappa shape index (κ3) is 5.32. The number of nitrogens with one attached hydrogen (secondary N) is 1. The lowest BCUT2D eigenvalue weighted by Crippen LogP contribution is -2.36. The van der Waals surface area contributed by atoms with Crippen LogP contribution in [0.25, 0.3) is 0 Å². The first-order valence-electron chi connectivity index (χ1n) is 7.51. The van der Waals surface area contributed by atoms with Gasteiger partial charge in [0, 0.05) is 16.6 Å². The van der Waals surface area contributed by atoms with E-state index >= 15 is 0 Å². The van der Waals surface area contributed by atoms with Gasteiger partial charge in [-0.25, -0.2) is 0 Å². The number of benzene rings is 1. The molecule has 0 radical (unpaired) electrons. The second-order valence-electron chi connectivity index (χ2n) is 5.77. The third-order valence-electron chi connectivity index (χ3n) is 3.65. The second-order valence-corrected chi connectivity index (χ2v) is 6.63. The normalized spacial score (nSPS) is 16.7. The predicted octanol–water partition coefficient (Wildman–Crippen LogP) is 2.78. The third-order valence-corrected chi connectivity index (χ3v) is 4.42. The number of amides is 1. The van der Waals surface area contributed by atoms with Gasteiger partial charge in [-0.1, -0.05) is 28.8 Å². The number of halogens is 1. The van der Waals surface area contributed by atoms with E-state index in [1.807, 2.05) is 25.1 Å². The number of carbonyl (C=O) groups excluding carboxylic acids is 1. The molecular formula is C16H23BrN2O2. The van der Waals surface area contributed by atoms with Gasteiger partial charge >= 0.3 is 0 Å². The summed E-state index contributed by atoms with van der Waals surface area (Å²) in [7, 11) is 0. The fourth-order valence-corrected chi connectivity index (χ4v) is 3.04. The molecular weight excluding hydrogens is 332 g/mol. The average Bonchev–Trinajstić information content (AvgIpc) is 2.92. The number of hydrogen-bond donors (Lipinski definition) is 2. The molecule has 2 rings (SSSR count). The zero-order chi connectivity index (χ0) is 15.2. The summed E-state index contributed by atoms with van der Waals surface area (Å²) in [5.74, 6) is 0.661. The van der Waals surface area contributed by atoms with Crippen molar-refractivity contribution < 1.29 is 9.53 Å². The Bertz CT molecular complexity index is 485. The van der Waals surface area contributed by atoms with Crippen molar-refractivity contribution in [3.8, 4) is 5.75 Å². The van der Waals surface area contributed by atoms with Crippen molar-refractivity contribution in [2.45, 2.75) is 51.1 Å². The van der Waals surface area contributed by atoms with Crippen LogP contribution in [-0.4, -0.2) is 24.6 Å². The minimum atomic E-state index is -0.0430. The van der Waals surface area contributed by atoms with E-state index in [-0.39, 0.29) is 18.6 Å². The summed E-state index contributed by atoms with van der Waals surface area (Å²) in [6.45, 7) is 2.03. The minimum Gasteiger partial charge on any atom is -0.484 e. The van der Waals surface area contributed by atoms with E-state index in [4.69, 9.17) is 10.5 Å². The van der Waals surface area contributed by atoms with Crippen molar-refractivity contribution >= 4 is 21.8 Å². The molecule has 1 amide bonds. The summed E-state index contributed by atoms with van der Waals surface area (Å²) in [6, 6.07) is 6.15. The zero-order valence-corrected chi connectivity index (χ0v) is 14.0. The highest BCUT2D eigenvalue weighted by molar-refractivity contribution is 9.10. The second kappa shape index (κ2) is 7.80. The highest BCUT2D eigenvalue weighted by Crippen LogP contribution is 2.24. The molecule has 3 N–H and O–H groups in total. The molecule has 1 aromatic carbocycles. The molecule has 0 aromatic heterocycles. The largest absolute Gasteiger partial charge is 0.484 e. The van der Waals surface area contributed by atoms with E-state index in [9.17, 15) is 4.79 Å². The van der Waals surface area contributed by atoms with E-state index in [0.717, 1.165) is 29.3 Å². The molecule has 1 aromatic rings. The Morgan fingerprint density at radius 3 is 2.86 bits per heavy atom. The SMILES string of the molecule is CC(N)Cc1cc(OCC(=O)NC2CCCC2)ccc1Br. The highest BCUT2D eigenvalue weighted by Gasteiger charge is 2.17. The summed E-state index contributed by atoms with van der Waals surface area (Å²) in [4.78, 5) is 11.8. The summed E-state index contributed by atoms with van der Waals surface area (Å²) < 4.78 is 6.60. The first kappa shape index (κ1) is 16.3. The van der Waals surface area contributed by atoms with Crippen molar-refractivity contribution in [2.75, 3.05) is 6.61 Å². The van der Waals surface area contributed by atoms with Gasteiger partial charge in [0.15, 0.2) is 6.61 Å². The van der Waals surface area contributed by atoms with Crippen LogP contribution in [0, 0.1) is 0 Å². The van der Waals surface area contributed by atoms with E-state index in [2.05, 4.69) is 21.2 Å². The van der Waals surface area contributed by atoms with E-state index in [0.29, 0.717) is 11.8 Å². The molecule has 1 unspecified atom stereocenters. The first-order valence-corrected chi connectivity index (χ1v) is 8.30. The number of hydrogen-bond acceptors (Lipinski definition) is 3. The lowest BCUT2D eigenvalue weighted by Gasteiger charge is -2.14. The fourth-order valence-electron chi connectivity index (χ4n) is 2.63. The molecule has 0 saturated heterocycles. The Labute approximate surface area is 134 Å². The molecule has 0 aliphatic heterocycles. The van der Waals surface area contributed by atoms with Gasteiger partial charge in [-0.05, 0) is 49.9 Å². The average molecular weight is 355 g/mol. The zero-order valence-electron chi connectivity index (χ0n) is 12.4. The van der Waals surface area contributed by atoms with Gasteiger partial charge in [0.1, 0.15) is 5.75 Å². The molecule has 1 aliphatic rings. The molecule has 0 bridgehead atoms. The lowest BCUT2D eigenvalue weighted by atomic mass is 10.1. The van der Waals surface area contributed by atoms with Gasteiger partial charge in [0.2, 0.25) is 0 Å². The Hall–Kier alpha value is -1.07. The van der Waals surface area contributed by atoms with Gasteiger partial charge in [-0.2, -0.15) is 0 Å². The standard InChI is InChI=1S/C16H23BrN2O2/c1-11(18)8-12-9-14(6-7-15(12)17)21-10-16(20)19-13-4-2-3-5-13/h6-7,9,11,13H,2-5,8,10,18H2,1H3,(H,19,20). The van der Waals surface area contributed by atoms with Gasteiger partial charge in [-0.15, -0.1) is 0 Å². The summed E-state index contributed by atoms with van der Waals surface area (Å²) in [5.41, 5.74) is 6.93. The number of carbonyl (C=O) groups is 1. The van der Waals surface area contributed by atoms with E-state index < -0.39 is 0 Å². The van der Waals surface area contributed by atoms with Crippen molar-refractivity contribution in [3.63, 3.8) is 0 Å². The van der Waals surface area contributed by atoms with Crippen LogP contribution in [0.1, 0.15) is 38.2 Å². The maximum Gasteiger partial charge on any atom is 0.258 e. The Morgan fingerprint density at radius 1 is 1.48 bits per heavy atom. The van der Waals surface area contributed by atoms with E-state index in [1.54, 1.807) is 0 Å². The van der Waals surface area contributed by atoms with Crippen LogP contribution in [0.3, 0.4) is 0 Å². The lowest BCUT2D eigenvalue weighted by molar-refractivity contribution is -0.123. The van der Waals surface area contributed by atoms with Crippen LogP contribution < -0.4 is 15.8 Å². The molecule has 5 heteroatoms. The molecule has 21 heavy (non-hydrogen) atoms. The van der Waals surface area contributed by atoms with Crippen molar-refractivity contribution in [1.29, 1.82) is 0 Å². The van der Waals surface area contributed by atoms with Gasteiger partial charge in [0.25, 0.3) is 5.91 Å². The van der Waals surface area contributed by atoms with Gasteiger partial charge in [-0.3, -0.25) is 4.79 Å². The minimum absolute atomic E-state index is 0.0430. The first-order chi connectivity index (χ1) is 10.0. The van der Waals surface area contributed by atoms with Crippen LogP contribution in [0.2, 0.25) is 0 Å². The maximum absolute atomic E-state index is 11.8. The number of nitrogens with two attached hydrogens (primary N) is 1. The van der Waals surface area contributed by atoms with Crippen molar-refractivity contribution in [2.24, 2.45) is 5.73 Å². The summed E-state index contributed by atoms with van der Waals surface area (Å²) in [5, 5.41) is 3.01. The van der Waals surface area contributed by atoms with Crippen molar-refractivity contribution in [1.82, 2.24) is 5.32 Å². The summed E-state index contributed by atoms with van der Waals surface area (Å²) >= 11 is 3.51. The Balaban J connectivity index is 1.85. The van der Waals surface area contributed by atoms with Crippen LogP contribution in [-0.2, 0) is 11.2 Å². The quantitative estimate of drug-likeness (QED) is 0.825. The van der Waals surface area contributed by atoms with Gasteiger partial charge < -0.3 is 15.8 Å². The fraction of sp³-hybridized carbons (Fsp3) is 0.562. The highest BCUT2D eigenvalue weighted by atomic mass is 79.9. The molecule has 1 fully saturated rings.